The van der Waals surface area contributed by atoms with Gasteiger partial charge in [-0.1, -0.05) is 76.7 Å². The van der Waals surface area contributed by atoms with Crippen molar-refractivity contribution < 1.29 is 24.0 Å². The second-order valence-corrected chi connectivity index (χ2v) is 9.65. The van der Waals surface area contributed by atoms with Crippen LogP contribution < -0.4 is 14.8 Å². The first-order valence-electron chi connectivity index (χ1n) is 14.8. The number of methoxy groups -OCH3 is 1. The van der Waals surface area contributed by atoms with Crippen molar-refractivity contribution in [1.82, 2.24) is 5.32 Å². The van der Waals surface area contributed by atoms with Crippen LogP contribution in [0.25, 0.3) is 5.76 Å². The first-order chi connectivity index (χ1) is 20.3. The molecule has 10 heteroatoms. The number of hydrogen-bond acceptors (Lipinski definition) is 7. The highest BCUT2D eigenvalue weighted by Gasteiger charge is 2.26. The monoisotopic (exact) mass is 603 g/mol. The molecule has 9 nitrogen and oxygen atoms in total. The van der Waals surface area contributed by atoms with Crippen LogP contribution in [0.1, 0.15) is 91.2 Å². The molecule has 0 spiro atoms. The second-order valence-electron chi connectivity index (χ2n) is 9.24. The molecule has 3 rings (SSSR count). The number of halogens is 1. The summed E-state index contributed by atoms with van der Waals surface area (Å²) in [6.07, 6.45) is 5.89. The Labute approximate surface area is 255 Å². The topological polar surface area (TPSA) is 112 Å². The van der Waals surface area contributed by atoms with Crippen LogP contribution in [0.15, 0.2) is 47.1 Å². The van der Waals surface area contributed by atoms with Gasteiger partial charge in [0.15, 0.2) is 17.3 Å². The molecule has 2 aromatic rings. The van der Waals surface area contributed by atoms with Gasteiger partial charge in [-0.2, -0.15) is 0 Å². The predicted octanol–water partition coefficient (Wildman–Crippen LogP) is 8.52. The van der Waals surface area contributed by atoms with Crippen LogP contribution in [0.3, 0.4) is 0 Å². The van der Waals surface area contributed by atoms with E-state index in [0.29, 0.717) is 55.0 Å². The van der Waals surface area contributed by atoms with Crippen LogP contribution >= 0.6 is 11.6 Å². The summed E-state index contributed by atoms with van der Waals surface area (Å²) in [4.78, 5) is 29.8. The summed E-state index contributed by atoms with van der Waals surface area (Å²) >= 11 is 5.98. The molecule has 232 valence electrons. The Bertz CT molecular complexity index is 1210. The molecular formula is C32H46ClN3O6. The summed E-state index contributed by atoms with van der Waals surface area (Å²) in [7, 11) is 1.59. The van der Waals surface area contributed by atoms with Crippen LogP contribution in [0.4, 0.5) is 5.69 Å². The van der Waals surface area contributed by atoms with Gasteiger partial charge in [-0.3, -0.25) is 14.9 Å². The van der Waals surface area contributed by atoms with Crippen molar-refractivity contribution in [3.05, 3.63) is 68.2 Å². The maximum Gasteiger partial charge on any atom is 0.288 e. The molecule has 2 aromatic carbocycles. The van der Waals surface area contributed by atoms with Crippen molar-refractivity contribution in [1.29, 1.82) is 0 Å². The highest BCUT2D eigenvalue weighted by atomic mass is 35.5. The van der Waals surface area contributed by atoms with E-state index in [1.54, 1.807) is 13.2 Å². The van der Waals surface area contributed by atoms with Crippen LogP contribution in [-0.4, -0.2) is 36.8 Å². The van der Waals surface area contributed by atoms with Crippen molar-refractivity contribution in [3.63, 3.8) is 0 Å². The average molecular weight is 604 g/mol. The normalized spacial score (nSPS) is 12.0. The Kier molecular flexibility index (Phi) is 17.6. The molecule has 0 aliphatic carbocycles. The van der Waals surface area contributed by atoms with Gasteiger partial charge < -0.3 is 19.6 Å². The lowest BCUT2D eigenvalue weighted by atomic mass is 9.98. The van der Waals surface area contributed by atoms with E-state index in [4.69, 9.17) is 25.9 Å². The highest BCUT2D eigenvalue weighted by Crippen LogP contribution is 2.33. The third-order valence-corrected chi connectivity index (χ3v) is 6.22. The summed E-state index contributed by atoms with van der Waals surface area (Å²) < 4.78 is 11.0. The SMILES string of the molecule is CC.CCC.CCCCCC1=NOC(c2ccc(Cl)c([N+](=O)[O-])c2)=C(C(=O)NCCc2ccc(OC)c(OCC)c2)C1. The van der Waals surface area contributed by atoms with Crippen LogP contribution in [0.5, 0.6) is 11.5 Å². The number of rotatable bonds is 13. The van der Waals surface area contributed by atoms with E-state index in [2.05, 4.69) is 31.2 Å². The largest absolute Gasteiger partial charge is 0.493 e. The lowest BCUT2D eigenvalue weighted by Crippen LogP contribution is -2.30. The molecule has 0 saturated heterocycles. The Hall–Kier alpha value is -3.59. The molecule has 0 fully saturated rings. The number of amides is 1. The Morgan fingerprint density at radius 2 is 1.79 bits per heavy atom. The van der Waals surface area contributed by atoms with Crippen molar-refractivity contribution in [3.8, 4) is 11.5 Å². The van der Waals surface area contributed by atoms with Gasteiger partial charge in [0.1, 0.15) is 5.02 Å². The lowest BCUT2D eigenvalue weighted by molar-refractivity contribution is -0.384. The summed E-state index contributed by atoms with van der Waals surface area (Å²) in [5, 5.41) is 18.6. The van der Waals surface area contributed by atoms with E-state index < -0.39 is 4.92 Å². The quantitative estimate of drug-likeness (QED) is 0.139. The summed E-state index contributed by atoms with van der Waals surface area (Å²) in [6.45, 7) is 13.2. The minimum Gasteiger partial charge on any atom is -0.493 e. The van der Waals surface area contributed by atoms with E-state index >= 15 is 0 Å². The lowest BCUT2D eigenvalue weighted by Gasteiger charge is -2.20. The standard InChI is InChI=1S/C27H32ClN3O6.C3H8.C2H6/c1-4-6-7-8-20-17-21(26(37-30-20)19-10-11-22(28)23(16-19)31(33)34)27(32)29-14-13-18-9-12-24(35-3)25(15-18)36-5-2;1-3-2;1-2/h9-12,15-16H,4-8,13-14,17H2,1-3H3,(H,29,32);3H2,1-2H3;1-2H3. The molecule has 0 unspecified atom stereocenters. The first-order valence-corrected chi connectivity index (χ1v) is 15.1. The molecule has 0 radical (unpaired) electrons. The molecule has 1 aliphatic rings. The maximum atomic E-state index is 13.3. The van der Waals surface area contributed by atoms with Crippen LogP contribution in [0, 0.1) is 10.1 Å². The number of unbranched alkanes of at least 4 members (excludes halogenated alkanes) is 2. The van der Waals surface area contributed by atoms with E-state index in [1.807, 2.05) is 39.0 Å². The number of nitrogens with zero attached hydrogens (tertiary/aromatic N) is 2. The highest BCUT2D eigenvalue weighted by molar-refractivity contribution is 6.32. The Balaban J connectivity index is 0.00000165. The number of hydrogen-bond donors (Lipinski definition) is 1. The fraction of sp³-hybridized carbons (Fsp3) is 0.500. The van der Waals surface area contributed by atoms with Gasteiger partial charge in [0.2, 0.25) is 0 Å². The number of nitrogens with one attached hydrogen (secondary N) is 1. The molecule has 1 aliphatic heterocycles. The van der Waals surface area contributed by atoms with Gasteiger partial charge in [0, 0.05) is 24.6 Å². The molecule has 42 heavy (non-hydrogen) atoms. The van der Waals surface area contributed by atoms with Gasteiger partial charge >= 0.3 is 0 Å². The molecule has 1 heterocycles. The molecular weight excluding hydrogens is 558 g/mol. The van der Waals surface area contributed by atoms with E-state index in [-0.39, 0.29) is 22.4 Å². The third-order valence-electron chi connectivity index (χ3n) is 5.90. The van der Waals surface area contributed by atoms with E-state index in [1.165, 1.54) is 18.6 Å². The molecule has 0 saturated carbocycles. The first kappa shape index (κ1) is 36.4. The Morgan fingerprint density at radius 1 is 1.07 bits per heavy atom. The number of nitro benzene ring substituents is 1. The van der Waals surface area contributed by atoms with Crippen LogP contribution in [0.2, 0.25) is 5.02 Å². The second kappa shape index (κ2) is 20.3. The summed E-state index contributed by atoms with van der Waals surface area (Å²) in [6, 6.07) is 9.96. The molecule has 0 bridgehead atoms. The molecule has 1 N–H and O–H groups in total. The zero-order valence-electron chi connectivity index (χ0n) is 26.0. The van der Waals surface area contributed by atoms with Crippen LogP contribution in [-0.2, 0) is 16.1 Å². The average Bonchev–Trinajstić information content (AvgIpc) is 2.99. The minimum atomic E-state index is -0.570. The van der Waals surface area contributed by atoms with Gasteiger partial charge in [-0.15, -0.1) is 0 Å². The van der Waals surface area contributed by atoms with Crippen molar-refractivity contribution in [2.45, 2.75) is 86.5 Å². The van der Waals surface area contributed by atoms with Gasteiger partial charge in [0.25, 0.3) is 11.6 Å². The molecule has 0 aromatic heterocycles. The summed E-state index contributed by atoms with van der Waals surface area (Å²) in [5.74, 6) is 1.18. The van der Waals surface area contributed by atoms with Gasteiger partial charge in [-0.25, -0.2) is 0 Å². The minimum absolute atomic E-state index is 0.00540. The van der Waals surface area contributed by atoms with Crippen molar-refractivity contribution in [2.75, 3.05) is 20.3 Å². The molecule has 0 atom stereocenters. The van der Waals surface area contributed by atoms with E-state index in [0.717, 1.165) is 30.5 Å². The smallest absolute Gasteiger partial charge is 0.288 e. The summed E-state index contributed by atoms with van der Waals surface area (Å²) in [5.41, 5.74) is 2.23. The zero-order valence-corrected chi connectivity index (χ0v) is 26.8. The number of oxime groups is 1. The van der Waals surface area contributed by atoms with E-state index in [9.17, 15) is 14.9 Å². The number of carbonyl (C=O) groups is 1. The Morgan fingerprint density at radius 3 is 2.40 bits per heavy atom. The fourth-order valence-corrected chi connectivity index (χ4v) is 4.16. The number of ether oxygens (including phenoxy) is 2. The predicted molar refractivity (Wildman–Crippen MR) is 170 cm³/mol. The number of nitro groups is 1. The number of benzene rings is 2. The molecule has 1 amide bonds. The fourth-order valence-electron chi connectivity index (χ4n) is 3.97. The number of carbonyl (C=O) groups excluding carboxylic acids is 1. The van der Waals surface area contributed by atoms with Gasteiger partial charge in [-0.05, 0) is 56.0 Å². The zero-order chi connectivity index (χ0) is 31.5. The third kappa shape index (κ3) is 11.4. The van der Waals surface area contributed by atoms with Crippen molar-refractivity contribution in [2.24, 2.45) is 5.16 Å². The maximum absolute atomic E-state index is 13.3. The van der Waals surface area contributed by atoms with Crippen molar-refractivity contribution >= 4 is 34.7 Å². The van der Waals surface area contributed by atoms with Gasteiger partial charge in [0.05, 0.1) is 29.9 Å².